The second-order valence-corrected chi connectivity index (χ2v) is 5.21. The molecule has 0 saturated heterocycles. The van der Waals surface area contributed by atoms with Gasteiger partial charge >= 0.3 is 0 Å². The second kappa shape index (κ2) is 7.85. The molecule has 0 unspecified atom stereocenters. The maximum atomic E-state index is 11.7. The van der Waals surface area contributed by atoms with E-state index in [1.54, 1.807) is 0 Å². The molecule has 0 fully saturated rings. The van der Waals surface area contributed by atoms with Crippen LogP contribution in [0.3, 0.4) is 0 Å². The van der Waals surface area contributed by atoms with Crippen LogP contribution < -0.4 is 0 Å². The number of oxazole rings is 1. The first-order valence-corrected chi connectivity index (χ1v) is 7.27. The van der Waals surface area contributed by atoms with Gasteiger partial charge in [-0.05, 0) is 24.8 Å². The van der Waals surface area contributed by atoms with Crippen LogP contribution in [0.5, 0.6) is 0 Å². The number of hydrogen-bond donors (Lipinski definition) is 0. The van der Waals surface area contributed by atoms with Gasteiger partial charge in [0.15, 0.2) is 5.15 Å². The maximum Gasteiger partial charge on any atom is 0.202 e. The molecule has 0 aliphatic rings. The zero-order chi connectivity index (χ0) is 14.2. The molecule has 3 nitrogen and oxygen atoms in total. The van der Waals surface area contributed by atoms with E-state index in [1.165, 1.54) is 11.8 Å². The molecular formula is C16H18ClNO2. The lowest BCUT2D eigenvalue weighted by Gasteiger charge is -2.01. The van der Waals surface area contributed by atoms with E-state index in [0.717, 1.165) is 25.7 Å². The van der Waals surface area contributed by atoms with E-state index in [9.17, 15) is 4.79 Å². The smallest absolute Gasteiger partial charge is 0.202 e. The van der Waals surface area contributed by atoms with Crippen molar-refractivity contribution in [3.05, 3.63) is 53.2 Å². The number of carbonyl (C=O) groups excluding carboxylic acids is 1. The topological polar surface area (TPSA) is 43.1 Å². The van der Waals surface area contributed by atoms with Crippen molar-refractivity contribution in [2.75, 3.05) is 0 Å². The Morgan fingerprint density at radius 1 is 1.15 bits per heavy atom. The van der Waals surface area contributed by atoms with Gasteiger partial charge in [0.1, 0.15) is 12.0 Å². The summed E-state index contributed by atoms with van der Waals surface area (Å²) in [4.78, 5) is 15.6. The number of carbonyl (C=O) groups is 1. The summed E-state index contributed by atoms with van der Waals surface area (Å²) >= 11 is 5.63. The Labute approximate surface area is 124 Å². The Morgan fingerprint density at radius 3 is 2.65 bits per heavy atom. The molecular weight excluding hydrogens is 274 g/mol. The van der Waals surface area contributed by atoms with E-state index in [4.69, 9.17) is 16.0 Å². The zero-order valence-electron chi connectivity index (χ0n) is 11.3. The van der Waals surface area contributed by atoms with Crippen molar-refractivity contribution in [1.29, 1.82) is 0 Å². The first-order chi connectivity index (χ1) is 9.74. The van der Waals surface area contributed by atoms with E-state index in [0.29, 0.717) is 17.5 Å². The van der Waals surface area contributed by atoms with Gasteiger partial charge in [-0.25, -0.2) is 4.98 Å². The molecule has 2 aromatic rings. The first-order valence-electron chi connectivity index (χ1n) is 6.89. The van der Waals surface area contributed by atoms with Gasteiger partial charge in [-0.15, -0.1) is 0 Å². The van der Waals surface area contributed by atoms with Gasteiger partial charge in [0, 0.05) is 6.42 Å². The summed E-state index contributed by atoms with van der Waals surface area (Å²) < 4.78 is 5.06. The van der Waals surface area contributed by atoms with E-state index in [2.05, 4.69) is 29.2 Å². The van der Waals surface area contributed by atoms with Crippen LogP contribution in [0.25, 0.3) is 0 Å². The summed E-state index contributed by atoms with van der Waals surface area (Å²) in [5.74, 6) is 0.563. The van der Waals surface area contributed by atoms with Crippen molar-refractivity contribution < 1.29 is 9.21 Å². The summed E-state index contributed by atoms with van der Waals surface area (Å²) in [6.45, 7) is 0. The molecule has 0 saturated carbocycles. The van der Waals surface area contributed by atoms with Crippen molar-refractivity contribution in [2.45, 2.75) is 38.5 Å². The Bertz CT molecular complexity index is 536. The highest BCUT2D eigenvalue weighted by Crippen LogP contribution is 2.11. The third-order valence-corrected chi connectivity index (χ3v) is 3.31. The van der Waals surface area contributed by atoms with Gasteiger partial charge in [0.2, 0.25) is 5.89 Å². The number of aromatic nitrogens is 1. The number of halogens is 1. The number of rotatable bonds is 8. The van der Waals surface area contributed by atoms with Crippen LogP contribution in [0.2, 0.25) is 5.15 Å². The fourth-order valence-corrected chi connectivity index (χ4v) is 2.24. The first kappa shape index (κ1) is 14.8. The molecule has 0 spiro atoms. The predicted molar refractivity (Wildman–Crippen MR) is 78.8 cm³/mol. The van der Waals surface area contributed by atoms with Gasteiger partial charge in [-0.2, -0.15) is 0 Å². The van der Waals surface area contributed by atoms with E-state index < -0.39 is 0 Å². The van der Waals surface area contributed by atoms with E-state index >= 15 is 0 Å². The Hall–Kier alpha value is -1.61. The normalized spacial score (nSPS) is 10.7. The molecule has 0 aliphatic heterocycles. The lowest BCUT2D eigenvalue weighted by Crippen LogP contribution is -2.02. The number of ketones is 1. The van der Waals surface area contributed by atoms with E-state index in [1.807, 2.05) is 6.07 Å². The summed E-state index contributed by atoms with van der Waals surface area (Å²) in [5, 5.41) is 0.302. The Morgan fingerprint density at radius 2 is 1.95 bits per heavy atom. The molecule has 2 rings (SSSR count). The number of aryl methyl sites for hydroxylation is 1. The second-order valence-electron chi connectivity index (χ2n) is 4.83. The van der Waals surface area contributed by atoms with Gasteiger partial charge in [-0.1, -0.05) is 48.4 Å². The van der Waals surface area contributed by atoms with Crippen molar-refractivity contribution >= 4 is 17.4 Å². The van der Waals surface area contributed by atoms with Crippen LogP contribution in [0.1, 0.15) is 37.1 Å². The molecule has 0 aliphatic carbocycles. The monoisotopic (exact) mass is 291 g/mol. The van der Waals surface area contributed by atoms with Crippen molar-refractivity contribution in [2.24, 2.45) is 0 Å². The number of hydrogen-bond acceptors (Lipinski definition) is 3. The maximum absolute atomic E-state index is 11.7. The zero-order valence-corrected chi connectivity index (χ0v) is 12.1. The van der Waals surface area contributed by atoms with Crippen LogP contribution in [-0.4, -0.2) is 10.8 Å². The predicted octanol–water partition coefficient (Wildman–Crippen LogP) is 4.24. The molecule has 0 atom stereocenters. The van der Waals surface area contributed by atoms with Gasteiger partial charge in [0.25, 0.3) is 0 Å². The minimum absolute atomic E-state index is 0.156. The average molecular weight is 292 g/mol. The summed E-state index contributed by atoms with van der Waals surface area (Å²) in [5.41, 5.74) is 1.35. The molecule has 106 valence electrons. The molecule has 0 bridgehead atoms. The minimum Gasteiger partial charge on any atom is -0.447 e. The molecule has 1 heterocycles. The third-order valence-electron chi connectivity index (χ3n) is 3.14. The van der Waals surface area contributed by atoms with Crippen molar-refractivity contribution in [3.63, 3.8) is 0 Å². The lowest BCUT2D eigenvalue weighted by molar-refractivity contribution is -0.118. The van der Waals surface area contributed by atoms with Crippen LogP contribution in [0, 0.1) is 0 Å². The molecule has 0 N–H and O–H groups in total. The molecule has 4 heteroatoms. The minimum atomic E-state index is 0.156. The number of nitrogens with zero attached hydrogens (tertiary/aromatic N) is 1. The third kappa shape index (κ3) is 5.17. The summed E-state index contributed by atoms with van der Waals surface area (Å²) in [7, 11) is 0. The standard InChI is InChI=1S/C16H18ClNO2/c17-15-12-20-16(18-15)11-14(19)10-6-2-5-9-13-7-3-1-4-8-13/h1,3-4,7-8,12H,2,5-6,9-11H2. The highest BCUT2D eigenvalue weighted by Gasteiger charge is 2.08. The van der Waals surface area contributed by atoms with Crippen LogP contribution >= 0.6 is 11.6 Å². The molecule has 1 aromatic heterocycles. The molecule has 20 heavy (non-hydrogen) atoms. The fraction of sp³-hybridized carbons (Fsp3) is 0.375. The lowest BCUT2D eigenvalue weighted by atomic mass is 10.0. The number of unbranched alkanes of at least 4 members (excludes halogenated alkanes) is 2. The number of benzene rings is 1. The van der Waals surface area contributed by atoms with Crippen LogP contribution in [0.4, 0.5) is 0 Å². The van der Waals surface area contributed by atoms with E-state index in [-0.39, 0.29) is 12.2 Å². The van der Waals surface area contributed by atoms with Crippen molar-refractivity contribution in [3.8, 4) is 0 Å². The summed E-state index contributed by atoms with van der Waals surface area (Å²) in [6.07, 6.45) is 6.34. The Balaban J connectivity index is 1.58. The largest absolute Gasteiger partial charge is 0.447 e. The van der Waals surface area contributed by atoms with Crippen molar-refractivity contribution in [1.82, 2.24) is 4.98 Å². The Kier molecular flexibility index (Phi) is 5.81. The number of Topliss-reactive ketones (excluding diaryl/α,β-unsaturated/α-hetero) is 1. The average Bonchev–Trinajstić information content (AvgIpc) is 2.85. The SMILES string of the molecule is O=C(CCCCCc1ccccc1)Cc1nc(Cl)co1. The summed E-state index contributed by atoms with van der Waals surface area (Å²) in [6, 6.07) is 10.4. The molecule has 0 radical (unpaired) electrons. The molecule has 1 aromatic carbocycles. The van der Waals surface area contributed by atoms with Crippen LogP contribution in [0.15, 0.2) is 41.0 Å². The van der Waals surface area contributed by atoms with Gasteiger partial charge in [-0.3, -0.25) is 4.79 Å². The van der Waals surface area contributed by atoms with Crippen LogP contribution in [-0.2, 0) is 17.6 Å². The van der Waals surface area contributed by atoms with Gasteiger partial charge < -0.3 is 4.42 Å². The fourth-order valence-electron chi connectivity index (χ4n) is 2.10. The van der Waals surface area contributed by atoms with Gasteiger partial charge in [0.05, 0.1) is 6.42 Å². The highest BCUT2D eigenvalue weighted by molar-refractivity contribution is 6.29. The highest BCUT2D eigenvalue weighted by atomic mass is 35.5. The molecule has 0 amide bonds. The quantitative estimate of drug-likeness (QED) is 0.683.